The highest BCUT2D eigenvalue weighted by Crippen LogP contribution is 2.34. The molecular formula is C15H15N3O2. The second-order valence-electron chi connectivity index (χ2n) is 4.94. The Kier molecular flexibility index (Phi) is 3.02. The summed E-state index contributed by atoms with van der Waals surface area (Å²) in [6.07, 6.45) is 2.42. The van der Waals surface area contributed by atoms with Crippen LogP contribution in [0.25, 0.3) is 0 Å². The molecule has 1 aliphatic carbocycles. The SMILES string of the molecule is Nc1cnc(NCC2Cc3ccccc32)cc1C(=O)O. The highest BCUT2D eigenvalue weighted by atomic mass is 16.4. The van der Waals surface area contributed by atoms with Crippen LogP contribution in [0.2, 0.25) is 0 Å². The molecule has 3 rings (SSSR count). The number of nitrogens with one attached hydrogen (secondary N) is 1. The van der Waals surface area contributed by atoms with Crippen LogP contribution in [0.4, 0.5) is 11.5 Å². The van der Waals surface area contributed by atoms with Crippen LogP contribution in [-0.4, -0.2) is 22.6 Å². The fourth-order valence-electron chi connectivity index (χ4n) is 2.52. The van der Waals surface area contributed by atoms with Crippen LogP contribution < -0.4 is 11.1 Å². The number of carbonyl (C=O) groups is 1. The average molecular weight is 269 g/mol. The molecule has 0 fully saturated rings. The summed E-state index contributed by atoms with van der Waals surface area (Å²) in [5.41, 5.74) is 8.57. The van der Waals surface area contributed by atoms with Crippen molar-refractivity contribution in [3.05, 3.63) is 53.2 Å². The molecule has 2 aromatic rings. The van der Waals surface area contributed by atoms with Gasteiger partial charge in [0.2, 0.25) is 0 Å². The smallest absolute Gasteiger partial charge is 0.337 e. The fourth-order valence-corrected chi connectivity index (χ4v) is 2.52. The summed E-state index contributed by atoms with van der Waals surface area (Å²) in [6, 6.07) is 9.82. The van der Waals surface area contributed by atoms with Crippen LogP contribution >= 0.6 is 0 Å². The van der Waals surface area contributed by atoms with E-state index in [9.17, 15) is 4.79 Å². The fraction of sp³-hybridized carbons (Fsp3) is 0.200. The lowest BCUT2D eigenvalue weighted by Crippen LogP contribution is -2.24. The zero-order chi connectivity index (χ0) is 14.1. The summed E-state index contributed by atoms with van der Waals surface area (Å²) in [7, 11) is 0. The number of pyridine rings is 1. The molecule has 0 spiro atoms. The minimum Gasteiger partial charge on any atom is -0.478 e. The molecule has 0 radical (unpaired) electrons. The van der Waals surface area contributed by atoms with Gasteiger partial charge in [0.1, 0.15) is 5.82 Å². The number of nitrogens with zero attached hydrogens (tertiary/aromatic N) is 1. The second-order valence-corrected chi connectivity index (χ2v) is 4.94. The van der Waals surface area contributed by atoms with E-state index in [2.05, 4.69) is 22.4 Å². The van der Waals surface area contributed by atoms with Gasteiger partial charge in [-0.05, 0) is 23.6 Å². The van der Waals surface area contributed by atoms with E-state index in [4.69, 9.17) is 10.8 Å². The lowest BCUT2D eigenvalue weighted by Gasteiger charge is -2.30. The number of nitrogen functional groups attached to an aromatic ring is 1. The van der Waals surface area contributed by atoms with Crippen molar-refractivity contribution in [1.82, 2.24) is 4.98 Å². The van der Waals surface area contributed by atoms with Gasteiger partial charge in [-0.2, -0.15) is 0 Å². The molecule has 1 unspecified atom stereocenters. The van der Waals surface area contributed by atoms with Gasteiger partial charge in [-0.15, -0.1) is 0 Å². The number of aromatic nitrogens is 1. The molecule has 0 amide bonds. The number of hydrogen-bond donors (Lipinski definition) is 3. The van der Waals surface area contributed by atoms with Crippen LogP contribution in [-0.2, 0) is 6.42 Å². The maximum absolute atomic E-state index is 11.0. The normalized spacial score (nSPS) is 16.1. The first-order valence-electron chi connectivity index (χ1n) is 6.45. The van der Waals surface area contributed by atoms with E-state index in [0.717, 1.165) is 13.0 Å². The molecule has 0 saturated heterocycles. The van der Waals surface area contributed by atoms with E-state index in [-0.39, 0.29) is 11.3 Å². The Morgan fingerprint density at radius 2 is 2.25 bits per heavy atom. The third-order valence-electron chi connectivity index (χ3n) is 3.66. The van der Waals surface area contributed by atoms with Gasteiger partial charge >= 0.3 is 5.97 Å². The van der Waals surface area contributed by atoms with Gasteiger partial charge in [0.15, 0.2) is 0 Å². The van der Waals surface area contributed by atoms with E-state index >= 15 is 0 Å². The lowest BCUT2D eigenvalue weighted by atomic mass is 9.77. The predicted molar refractivity (Wildman–Crippen MR) is 77.0 cm³/mol. The molecule has 1 atom stereocenters. The second kappa shape index (κ2) is 4.85. The van der Waals surface area contributed by atoms with Crippen molar-refractivity contribution in [3.63, 3.8) is 0 Å². The van der Waals surface area contributed by atoms with Crippen molar-refractivity contribution in [2.24, 2.45) is 0 Å². The Labute approximate surface area is 116 Å². The Bertz CT molecular complexity index is 670. The Balaban J connectivity index is 1.68. The largest absolute Gasteiger partial charge is 0.478 e. The molecule has 102 valence electrons. The maximum atomic E-state index is 11.0. The Morgan fingerprint density at radius 3 is 3.00 bits per heavy atom. The van der Waals surface area contributed by atoms with Crippen LogP contribution in [0.1, 0.15) is 27.4 Å². The zero-order valence-corrected chi connectivity index (χ0v) is 10.8. The van der Waals surface area contributed by atoms with Gasteiger partial charge in [-0.3, -0.25) is 0 Å². The molecule has 5 nitrogen and oxygen atoms in total. The van der Waals surface area contributed by atoms with Crippen LogP contribution in [0, 0.1) is 0 Å². The zero-order valence-electron chi connectivity index (χ0n) is 10.8. The number of carboxylic acid groups (broad SMARTS) is 1. The van der Waals surface area contributed by atoms with Gasteiger partial charge < -0.3 is 16.2 Å². The molecule has 0 bridgehead atoms. The first-order chi connectivity index (χ1) is 9.65. The first-order valence-corrected chi connectivity index (χ1v) is 6.45. The summed E-state index contributed by atoms with van der Waals surface area (Å²) in [6.45, 7) is 0.743. The summed E-state index contributed by atoms with van der Waals surface area (Å²) >= 11 is 0. The molecule has 0 aliphatic heterocycles. The molecule has 20 heavy (non-hydrogen) atoms. The van der Waals surface area contributed by atoms with Gasteiger partial charge in [0.05, 0.1) is 17.4 Å². The topological polar surface area (TPSA) is 88.2 Å². The average Bonchev–Trinajstić information content (AvgIpc) is 2.41. The molecule has 1 aromatic heterocycles. The summed E-state index contributed by atoms with van der Waals surface area (Å²) in [5, 5.41) is 12.2. The third kappa shape index (κ3) is 2.18. The molecular weight excluding hydrogens is 254 g/mol. The van der Waals surface area contributed by atoms with E-state index in [1.54, 1.807) is 0 Å². The Morgan fingerprint density at radius 1 is 1.45 bits per heavy atom. The molecule has 1 aromatic carbocycles. The van der Waals surface area contributed by atoms with Crippen molar-refractivity contribution >= 4 is 17.5 Å². The monoisotopic (exact) mass is 269 g/mol. The van der Waals surface area contributed by atoms with E-state index in [1.807, 2.05) is 12.1 Å². The number of nitrogens with two attached hydrogens (primary N) is 1. The maximum Gasteiger partial charge on any atom is 0.337 e. The number of aromatic carboxylic acids is 1. The molecule has 4 N–H and O–H groups in total. The Hall–Kier alpha value is -2.56. The number of carboxylic acids is 1. The van der Waals surface area contributed by atoms with Crippen molar-refractivity contribution in [2.75, 3.05) is 17.6 Å². The van der Waals surface area contributed by atoms with Crippen molar-refractivity contribution in [2.45, 2.75) is 12.3 Å². The van der Waals surface area contributed by atoms with Gasteiger partial charge in [0.25, 0.3) is 0 Å². The van der Waals surface area contributed by atoms with E-state index in [1.165, 1.54) is 23.4 Å². The summed E-state index contributed by atoms with van der Waals surface area (Å²) in [4.78, 5) is 15.1. The van der Waals surface area contributed by atoms with Gasteiger partial charge in [-0.1, -0.05) is 24.3 Å². The first kappa shape index (κ1) is 12.5. The third-order valence-corrected chi connectivity index (χ3v) is 3.66. The molecule has 1 heterocycles. The summed E-state index contributed by atoms with van der Waals surface area (Å²) in [5.74, 6) is -0.0400. The summed E-state index contributed by atoms with van der Waals surface area (Å²) < 4.78 is 0. The number of fused-ring (bicyclic) bond motifs is 1. The molecule has 5 heteroatoms. The van der Waals surface area contributed by atoms with Crippen molar-refractivity contribution < 1.29 is 9.90 Å². The van der Waals surface area contributed by atoms with Gasteiger partial charge in [-0.25, -0.2) is 9.78 Å². The van der Waals surface area contributed by atoms with Crippen molar-refractivity contribution in [1.29, 1.82) is 0 Å². The van der Waals surface area contributed by atoms with Crippen LogP contribution in [0.3, 0.4) is 0 Å². The van der Waals surface area contributed by atoms with Gasteiger partial charge in [0, 0.05) is 12.5 Å². The minimum absolute atomic E-state index is 0.0801. The van der Waals surface area contributed by atoms with Crippen LogP contribution in [0.15, 0.2) is 36.5 Å². The number of anilines is 2. The molecule has 1 aliphatic rings. The quantitative estimate of drug-likeness (QED) is 0.791. The number of benzene rings is 1. The van der Waals surface area contributed by atoms with Crippen molar-refractivity contribution in [3.8, 4) is 0 Å². The predicted octanol–water partition coefficient (Wildman–Crippen LogP) is 2.11. The minimum atomic E-state index is -1.04. The highest BCUT2D eigenvalue weighted by molar-refractivity contribution is 5.94. The number of hydrogen-bond acceptors (Lipinski definition) is 4. The lowest BCUT2D eigenvalue weighted by molar-refractivity contribution is 0.0698. The highest BCUT2D eigenvalue weighted by Gasteiger charge is 2.25. The van der Waals surface area contributed by atoms with Crippen LogP contribution in [0.5, 0.6) is 0 Å². The molecule has 0 saturated carbocycles. The van der Waals surface area contributed by atoms with E-state index in [0.29, 0.717) is 11.7 Å². The standard InChI is InChI=1S/C15H15N3O2/c16-13-8-18-14(6-12(13)15(19)20)17-7-10-5-9-3-1-2-4-11(9)10/h1-4,6,8,10H,5,7,16H2,(H,17,18)(H,19,20). The number of rotatable bonds is 4. The van der Waals surface area contributed by atoms with E-state index < -0.39 is 5.97 Å².